The third kappa shape index (κ3) is 4.23. The molecule has 0 aromatic carbocycles. The second-order valence-corrected chi connectivity index (χ2v) is 7.97. The van der Waals surface area contributed by atoms with Gasteiger partial charge < -0.3 is 15.1 Å². The predicted octanol–water partition coefficient (Wildman–Crippen LogP) is 2.50. The van der Waals surface area contributed by atoms with Gasteiger partial charge in [-0.15, -0.1) is 23.7 Å². The third-order valence-electron chi connectivity index (χ3n) is 4.70. The number of amides is 2. The van der Waals surface area contributed by atoms with E-state index in [0.717, 1.165) is 32.5 Å². The number of carbonyl (C=O) groups excluding carboxylic acids is 2. The van der Waals surface area contributed by atoms with Crippen molar-refractivity contribution in [3.8, 4) is 0 Å². The van der Waals surface area contributed by atoms with E-state index in [9.17, 15) is 9.59 Å². The van der Waals surface area contributed by atoms with Gasteiger partial charge in [0.1, 0.15) is 0 Å². The summed E-state index contributed by atoms with van der Waals surface area (Å²) in [6.07, 6.45) is 1.50. The van der Waals surface area contributed by atoms with E-state index in [1.54, 1.807) is 12.1 Å². The summed E-state index contributed by atoms with van der Waals surface area (Å²) in [4.78, 5) is 29.6. The van der Waals surface area contributed by atoms with Crippen LogP contribution in [0, 0.1) is 5.92 Å². The Morgan fingerprint density at radius 3 is 2.54 bits per heavy atom. The number of nitrogens with zero attached hydrogens (tertiary/aromatic N) is 2. The second-order valence-electron chi connectivity index (χ2n) is 6.26. The molecule has 3 rings (SSSR count). The van der Waals surface area contributed by atoms with Gasteiger partial charge in [-0.2, -0.15) is 0 Å². The highest BCUT2D eigenvalue weighted by molar-refractivity contribution is 7.17. The zero-order valence-corrected chi connectivity index (χ0v) is 16.1. The fourth-order valence-electron chi connectivity index (χ4n) is 3.32. The van der Waals surface area contributed by atoms with Crippen molar-refractivity contribution < 1.29 is 9.59 Å². The van der Waals surface area contributed by atoms with Gasteiger partial charge >= 0.3 is 0 Å². The molecule has 1 aromatic rings. The molecule has 3 heterocycles. The minimum Gasteiger partial charge on any atom is -0.338 e. The maximum Gasteiger partial charge on any atom is 0.263 e. The molecule has 0 unspecified atom stereocenters. The minimum absolute atomic E-state index is 0. The molecule has 8 heteroatoms. The molecular weight excluding hydrogens is 369 g/mol. The van der Waals surface area contributed by atoms with Crippen LogP contribution in [0.2, 0.25) is 4.34 Å². The number of carbonyl (C=O) groups is 2. The van der Waals surface area contributed by atoms with Crippen LogP contribution in [0.4, 0.5) is 0 Å². The van der Waals surface area contributed by atoms with Gasteiger partial charge in [-0.3, -0.25) is 9.59 Å². The maximum atomic E-state index is 12.7. The Balaban J connectivity index is 0.00000208. The first-order chi connectivity index (χ1) is 11.1. The largest absolute Gasteiger partial charge is 0.338 e. The van der Waals surface area contributed by atoms with Crippen molar-refractivity contribution in [2.45, 2.75) is 25.8 Å². The van der Waals surface area contributed by atoms with Crippen molar-refractivity contribution >= 4 is 47.2 Å². The summed E-state index contributed by atoms with van der Waals surface area (Å²) in [5.74, 6) is 0.333. The molecule has 0 bridgehead atoms. The summed E-state index contributed by atoms with van der Waals surface area (Å²) in [5.41, 5.74) is 0. The Morgan fingerprint density at radius 2 is 1.96 bits per heavy atom. The highest BCUT2D eigenvalue weighted by Gasteiger charge is 2.33. The van der Waals surface area contributed by atoms with Gasteiger partial charge in [-0.1, -0.05) is 11.6 Å². The van der Waals surface area contributed by atoms with Gasteiger partial charge in [-0.25, -0.2) is 0 Å². The maximum absolute atomic E-state index is 12.7. The number of halogens is 2. The van der Waals surface area contributed by atoms with E-state index in [1.807, 2.05) is 9.80 Å². The SMILES string of the molecule is C[C@H]1CNCCN1C(=O)C1CCN(C(=O)c2ccc(Cl)s2)CC1.Cl. The molecule has 0 saturated carbocycles. The van der Waals surface area contributed by atoms with Crippen LogP contribution in [0.5, 0.6) is 0 Å². The lowest BCUT2D eigenvalue weighted by Gasteiger charge is -2.39. The molecular formula is C16H23Cl2N3O2S. The summed E-state index contributed by atoms with van der Waals surface area (Å²) in [7, 11) is 0. The Bertz CT molecular complexity index is 588. The summed E-state index contributed by atoms with van der Waals surface area (Å²) in [6.45, 7) is 5.89. The topological polar surface area (TPSA) is 52.7 Å². The van der Waals surface area contributed by atoms with Gasteiger partial charge in [0.2, 0.25) is 5.91 Å². The average Bonchev–Trinajstić information content (AvgIpc) is 3.01. The smallest absolute Gasteiger partial charge is 0.263 e. The quantitative estimate of drug-likeness (QED) is 0.842. The molecule has 1 N–H and O–H groups in total. The van der Waals surface area contributed by atoms with Crippen molar-refractivity contribution in [1.29, 1.82) is 0 Å². The average molecular weight is 392 g/mol. The number of nitrogens with one attached hydrogen (secondary N) is 1. The highest BCUT2D eigenvalue weighted by atomic mass is 35.5. The van der Waals surface area contributed by atoms with Crippen LogP contribution in [0.25, 0.3) is 0 Å². The van der Waals surface area contributed by atoms with E-state index < -0.39 is 0 Å². The first-order valence-corrected chi connectivity index (χ1v) is 9.31. The van der Waals surface area contributed by atoms with Crippen LogP contribution >= 0.6 is 35.3 Å². The van der Waals surface area contributed by atoms with Gasteiger partial charge in [0.05, 0.1) is 9.21 Å². The lowest BCUT2D eigenvalue weighted by atomic mass is 9.94. The van der Waals surface area contributed by atoms with Gasteiger partial charge in [0.25, 0.3) is 5.91 Å². The van der Waals surface area contributed by atoms with Crippen LogP contribution in [0.3, 0.4) is 0 Å². The normalized spacial score (nSPS) is 22.2. The molecule has 5 nitrogen and oxygen atoms in total. The molecule has 2 saturated heterocycles. The number of likely N-dealkylation sites (tertiary alicyclic amines) is 1. The van der Waals surface area contributed by atoms with Crippen molar-refractivity contribution in [1.82, 2.24) is 15.1 Å². The molecule has 2 fully saturated rings. The summed E-state index contributed by atoms with van der Waals surface area (Å²) >= 11 is 7.21. The number of thiophene rings is 1. The van der Waals surface area contributed by atoms with E-state index in [1.165, 1.54) is 11.3 Å². The van der Waals surface area contributed by atoms with Crippen molar-refractivity contribution in [2.24, 2.45) is 5.92 Å². The van der Waals surface area contributed by atoms with E-state index in [-0.39, 0.29) is 36.2 Å². The predicted molar refractivity (Wildman–Crippen MR) is 99.2 cm³/mol. The molecule has 0 aliphatic carbocycles. The van der Waals surface area contributed by atoms with Gasteiger partial charge in [0, 0.05) is 44.7 Å². The zero-order valence-electron chi connectivity index (χ0n) is 13.7. The van der Waals surface area contributed by atoms with Crippen LogP contribution in [0.1, 0.15) is 29.4 Å². The first-order valence-electron chi connectivity index (χ1n) is 8.12. The summed E-state index contributed by atoms with van der Waals surface area (Å²) < 4.78 is 0.631. The fourth-order valence-corrected chi connectivity index (χ4v) is 4.33. The minimum atomic E-state index is 0. The number of hydrogen-bond donors (Lipinski definition) is 1. The van der Waals surface area contributed by atoms with Crippen molar-refractivity contribution in [3.05, 3.63) is 21.3 Å². The van der Waals surface area contributed by atoms with Crippen LogP contribution < -0.4 is 5.32 Å². The zero-order chi connectivity index (χ0) is 16.4. The molecule has 1 aromatic heterocycles. The lowest BCUT2D eigenvalue weighted by Crippen LogP contribution is -2.55. The first kappa shape index (κ1) is 19.5. The standard InChI is InChI=1S/C16H22ClN3O2S.ClH/c1-11-10-18-6-9-20(11)15(21)12-4-7-19(8-5-12)16(22)13-2-3-14(17)23-13;/h2-3,11-12,18H,4-10H2,1H3;1H/t11-;/m0./s1. The number of rotatable bonds is 2. The molecule has 0 radical (unpaired) electrons. The molecule has 134 valence electrons. The van der Waals surface area contributed by atoms with E-state index in [2.05, 4.69) is 12.2 Å². The van der Waals surface area contributed by atoms with Crippen LogP contribution in [0.15, 0.2) is 12.1 Å². The third-order valence-corrected chi connectivity index (χ3v) is 5.92. The Labute approximate surface area is 157 Å². The Morgan fingerprint density at radius 1 is 1.25 bits per heavy atom. The highest BCUT2D eigenvalue weighted by Crippen LogP contribution is 2.26. The lowest BCUT2D eigenvalue weighted by molar-refractivity contribution is -0.139. The molecule has 0 spiro atoms. The van der Waals surface area contributed by atoms with Crippen molar-refractivity contribution in [3.63, 3.8) is 0 Å². The molecule has 2 aliphatic heterocycles. The molecule has 2 aliphatic rings. The number of hydrogen-bond acceptors (Lipinski definition) is 4. The van der Waals surface area contributed by atoms with Crippen molar-refractivity contribution in [2.75, 3.05) is 32.7 Å². The summed E-state index contributed by atoms with van der Waals surface area (Å²) in [5, 5.41) is 3.31. The van der Waals surface area contributed by atoms with E-state index >= 15 is 0 Å². The van der Waals surface area contributed by atoms with Gasteiger partial charge in [-0.05, 0) is 31.9 Å². The summed E-state index contributed by atoms with van der Waals surface area (Å²) in [6, 6.07) is 3.78. The molecule has 24 heavy (non-hydrogen) atoms. The number of piperidine rings is 1. The monoisotopic (exact) mass is 391 g/mol. The Kier molecular flexibility index (Phi) is 6.92. The molecule has 2 amide bonds. The second kappa shape index (κ2) is 8.52. The Hall–Kier alpha value is -0.820. The fraction of sp³-hybridized carbons (Fsp3) is 0.625. The van der Waals surface area contributed by atoms with E-state index in [4.69, 9.17) is 11.6 Å². The molecule has 1 atom stereocenters. The van der Waals surface area contributed by atoms with E-state index in [0.29, 0.717) is 22.3 Å². The van der Waals surface area contributed by atoms with Crippen LogP contribution in [-0.4, -0.2) is 60.4 Å². The number of piperazine rings is 1. The van der Waals surface area contributed by atoms with Gasteiger partial charge in [0.15, 0.2) is 0 Å². The van der Waals surface area contributed by atoms with Crippen LogP contribution in [-0.2, 0) is 4.79 Å².